The Hall–Kier alpha value is -1.68. The molecule has 0 aliphatic rings. The maximum Gasteiger partial charge on any atom is 0.132 e. The summed E-state index contributed by atoms with van der Waals surface area (Å²) in [5, 5.41) is 10.2. The van der Waals surface area contributed by atoms with Gasteiger partial charge in [0.2, 0.25) is 0 Å². The fourth-order valence-electron chi connectivity index (χ4n) is 1.65. The Kier molecular flexibility index (Phi) is 2.52. The number of hydrogen-bond acceptors (Lipinski definition) is 2. The molecule has 1 N–H and O–H groups in total. The van der Waals surface area contributed by atoms with Gasteiger partial charge in [-0.2, -0.15) is 0 Å². The molecule has 1 aromatic heterocycles. The van der Waals surface area contributed by atoms with E-state index in [9.17, 15) is 13.9 Å². The topological polar surface area (TPSA) is 33.4 Å². The SMILES string of the molecule is CC(O)(c1ccoc1)c1c(F)cccc1F. The predicted molar refractivity (Wildman–Crippen MR) is 53.7 cm³/mol. The molecular weight excluding hydrogens is 214 g/mol. The summed E-state index contributed by atoms with van der Waals surface area (Å²) < 4.78 is 31.8. The zero-order chi connectivity index (χ0) is 11.8. The van der Waals surface area contributed by atoms with Crippen molar-refractivity contribution in [2.45, 2.75) is 12.5 Å². The first-order chi connectivity index (χ1) is 7.53. The Morgan fingerprint density at radius 3 is 2.31 bits per heavy atom. The molecule has 4 heteroatoms. The molecule has 2 nitrogen and oxygen atoms in total. The zero-order valence-electron chi connectivity index (χ0n) is 8.58. The van der Waals surface area contributed by atoms with Gasteiger partial charge < -0.3 is 9.52 Å². The van der Waals surface area contributed by atoms with Gasteiger partial charge in [0.25, 0.3) is 0 Å². The van der Waals surface area contributed by atoms with Crippen LogP contribution in [0.2, 0.25) is 0 Å². The summed E-state index contributed by atoms with van der Waals surface area (Å²) >= 11 is 0. The minimum Gasteiger partial charge on any atom is -0.472 e. The highest BCUT2D eigenvalue weighted by atomic mass is 19.1. The lowest BCUT2D eigenvalue weighted by atomic mass is 9.89. The number of benzene rings is 1. The number of rotatable bonds is 2. The highest BCUT2D eigenvalue weighted by Crippen LogP contribution is 2.32. The van der Waals surface area contributed by atoms with Gasteiger partial charge in [0, 0.05) is 5.56 Å². The molecule has 0 aliphatic heterocycles. The minimum atomic E-state index is -1.75. The summed E-state index contributed by atoms with van der Waals surface area (Å²) in [6.07, 6.45) is 2.59. The first-order valence-corrected chi connectivity index (χ1v) is 4.73. The second kappa shape index (κ2) is 3.72. The Balaban J connectivity index is 2.60. The van der Waals surface area contributed by atoms with E-state index in [4.69, 9.17) is 4.42 Å². The monoisotopic (exact) mass is 224 g/mol. The van der Waals surface area contributed by atoms with E-state index in [2.05, 4.69) is 0 Å². The molecule has 0 spiro atoms. The average Bonchev–Trinajstić information content (AvgIpc) is 2.69. The van der Waals surface area contributed by atoms with Gasteiger partial charge in [0.1, 0.15) is 17.2 Å². The van der Waals surface area contributed by atoms with Gasteiger partial charge in [0.15, 0.2) is 0 Å². The van der Waals surface area contributed by atoms with E-state index in [0.717, 1.165) is 12.1 Å². The van der Waals surface area contributed by atoms with Gasteiger partial charge in [-0.15, -0.1) is 0 Å². The van der Waals surface area contributed by atoms with Crippen LogP contribution < -0.4 is 0 Å². The lowest BCUT2D eigenvalue weighted by Crippen LogP contribution is -2.25. The third kappa shape index (κ3) is 1.61. The normalized spacial score (nSPS) is 14.8. The third-order valence-corrected chi connectivity index (χ3v) is 2.53. The molecule has 84 valence electrons. The highest BCUT2D eigenvalue weighted by molar-refractivity contribution is 5.35. The van der Waals surface area contributed by atoms with Crippen LogP contribution in [0.5, 0.6) is 0 Å². The molecule has 1 heterocycles. The molecule has 0 saturated carbocycles. The van der Waals surface area contributed by atoms with Gasteiger partial charge in [-0.05, 0) is 25.1 Å². The molecule has 0 bridgehead atoms. The molecule has 1 atom stereocenters. The summed E-state index contributed by atoms with van der Waals surface area (Å²) in [4.78, 5) is 0. The molecule has 0 fully saturated rings. The van der Waals surface area contributed by atoms with Crippen LogP contribution in [-0.4, -0.2) is 5.11 Å². The lowest BCUT2D eigenvalue weighted by Gasteiger charge is -2.23. The van der Waals surface area contributed by atoms with Crippen molar-refractivity contribution in [3.8, 4) is 0 Å². The van der Waals surface area contributed by atoms with Crippen LogP contribution in [-0.2, 0) is 5.60 Å². The largest absolute Gasteiger partial charge is 0.472 e. The van der Waals surface area contributed by atoms with E-state index in [0.29, 0.717) is 5.56 Å². The molecule has 0 saturated heterocycles. The van der Waals surface area contributed by atoms with Crippen LogP contribution in [0, 0.1) is 11.6 Å². The van der Waals surface area contributed by atoms with Crippen molar-refractivity contribution < 1.29 is 18.3 Å². The van der Waals surface area contributed by atoms with Crippen LogP contribution in [0.25, 0.3) is 0 Å². The Morgan fingerprint density at radius 1 is 1.19 bits per heavy atom. The van der Waals surface area contributed by atoms with Crippen molar-refractivity contribution in [2.75, 3.05) is 0 Å². The van der Waals surface area contributed by atoms with Gasteiger partial charge >= 0.3 is 0 Å². The Bertz CT molecular complexity index is 469. The third-order valence-electron chi connectivity index (χ3n) is 2.53. The fourth-order valence-corrected chi connectivity index (χ4v) is 1.65. The van der Waals surface area contributed by atoms with Gasteiger partial charge in [0.05, 0.1) is 18.1 Å². The van der Waals surface area contributed by atoms with Crippen LogP contribution in [0.3, 0.4) is 0 Å². The van der Waals surface area contributed by atoms with Crippen molar-refractivity contribution in [1.82, 2.24) is 0 Å². The number of furan rings is 1. The lowest BCUT2D eigenvalue weighted by molar-refractivity contribution is 0.0927. The van der Waals surface area contributed by atoms with Crippen LogP contribution >= 0.6 is 0 Å². The van der Waals surface area contributed by atoms with Gasteiger partial charge in [-0.1, -0.05) is 6.07 Å². The molecular formula is C12H10F2O2. The average molecular weight is 224 g/mol. The number of aliphatic hydroxyl groups is 1. The smallest absolute Gasteiger partial charge is 0.132 e. The summed E-state index contributed by atoms with van der Waals surface area (Å²) in [6, 6.07) is 4.92. The summed E-state index contributed by atoms with van der Waals surface area (Å²) in [5.41, 5.74) is -1.82. The van der Waals surface area contributed by atoms with Crippen molar-refractivity contribution >= 4 is 0 Å². The highest BCUT2D eigenvalue weighted by Gasteiger charge is 2.32. The maximum atomic E-state index is 13.5. The second-order valence-corrected chi connectivity index (χ2v) is 3.68. The molecule has 1 unspecified atom stereocenters. The predicted octanol–water partition coefficient (Wildman–Crippen LogP) is 2.81. The van der Waals surface area contributed by atoms with Crippen molar-refractivity contribution in [3.05, 3.63) is 59.6 Å². The van der Waals surface area contributed by atoms with E-state index in [1.807, 2.05) is 0 Å². The fraction of sp³-hybridized carbons (Fsp3) is 0.167. The van der Waals surface area contributed by atoms with E-state index in [-0.39, 0.29) is 5.56 Å². The number of hydrogen-bond donors (Lipinski definition) is 1. The summed E-state index contributed by atoms with van der Waals surface area (Å²) in [5.74, 6) is -1.57. The minimum absolute atomic E-state index is 0.302. The standard InChI is InChI=1S/C12H10F2O2/c1-12(15,8-5-6-16-7-8)11-9(13)3-2-4-10(11)14/h2-7,15H,1H3. The van der Waals surface area contributed by atoms with E-state index < -0.39 is 17.2 Å². The second-order valence-electron chi connectivity index (χ2n) is 3.68. The quantitative estimate of drug-likeness (QED) is 0.850. The van der Waals surface area contributed by atoms with Crippen LogP contribution in [0.4, 0.5) is 8.78 Å². The van der Waals surface area contributed by atoms with Crippen molar-refractivity contribution in [1.29, 1.82) is 0 Å². The Morgan fingerprint density at radius 2 is 1.81 bits per heavy atom. The molecule has 16 heavy (non-hydrogen) atoms. The maximum absolute atomic E-state index is 13.5. The molecule has 0 amide bonds. The Labute approximate surface area is 91.1 Å². The first kappa shape index (κ1) is 10.8. The van der Waals surface area contributed by atoms with Crippen molar-refractivity contribution in [2.24, 2.45) is 0 Å². The first-order valence-electron chi connectivity index (χ1n) is 4.73. The summed E-state index contributed by atoms with van der Waals surface area (Å²) in [7, 11) is 0. The number of halogens is 2. The zero-order valence-corrected chi connectivity index (χ0v) is 8.58. The molecule has 1 aromatic carbocycles. The van der Waals surface area contributed by atoms with E-state index in [1.165, 1.54) is 31.6 Å². The summed E-state index contributed by atoms with van der Waals surface area (Å²) in [6.45, 7) is 1.32. The molecule has 0 aliphatic carbocycles. The van der Waals surface area contributed by atoms with E-state index >= 15 is 0 Å². The van der Waals surface area contributed by atoms with Crippen molar-refractivity contribution in [3.63, 3.8) is 0 Å². The van der Waals surface area contributed by atoms with Crippen LogP contribution in [0.1, 0.15) is 18.1 Å². The van der Waals surface area contributed by atoms with E-state index in [1.54, 1.807) is 0 Å². The van der Waals surface area contributed by atoms with Crippen LogP contribution in [0.15, 0.2) is 41.2 Å². The van der Waals surface area contributed by atoms with Gasteiger partial charge in [-0.25, -0.2) is 8.78 Å². The molecule has 0 radical (unpaired) electrons. The molecule has 2 aromatic rings. The van der Waals surface area contributed by atoms with Gasteiger partial charge in [-0.3, -0.25) is 0 Å². The molecule has 2 rings (SSSR count).